The first-order valence-corrected chi connectivity index (χ1v) is 8.75. The topological polar surface area (TPSA) is 70.7 Å². The Bertz CT molecular complexity index is 834. The van der Waals surface area contributed by atoms with Crippen LogP contribution in [0.4, 0.5) is 5.69 Å². The van der Waals surface area contributed by atoms with Gasteiger partial charge < -0.3 is 10.3 Å². The van der Waals surface area contributed by atoms with Crippen molar-refractivity contribution in [3.05, 3.63) is 48.2 Å². The van der Waals surface area contributed by atoms with Crippen molar-refractivity contribution in [3.8, 4) is 0 Å². The lowest BCUT2D eigenvalue weighted by molar-refractivity contribution is -0.113. The van der Waals surface area contributed by atoms with Crippen molar-refractivity contribution in [2.75, 3.05) is 11.1 Å². The Kier molecular flexibility index (Phi) is 4.57. The SMILES string of the molecule is CC(C)(C)c1ccccc1NC(=O)CSc1nc2ncccc2[nH]1. The molecule has 0 aliphatic carbocycles. The predicted molar refractivity (Wildman–Crippen MR) is 98.4 cm³/mol. The summed E-state index contributed by atoms with van der Waals surface area (Å²) in [5, 5.41) is 3.70. The molecule has 0 aliphatic heterocycles. The minimum absolute atomic E-state index is 0.0264. The van der Waals surface area contributed by atoms with E-state index in [4.69, 9.17) is 0 Å². The van der Waals surface area contributed by atoms with Crippen LogP contribution in [-0.2, 0) is 10.2 Å². The van der Waals surface area contributed by atoms with Crippen LogP contribution in [0.3, 0.4) is 0 Å². The van der Waals surface area contributed by atoms with Gasteiger partial charge in [-0.2, -0.15) is 0 Å². The molecule has 124 valence electrons. The van der Waals surface area contributed by atoms with E-state index in [9.17, 15) is 4.79 Å². The summed E-state index contributed by atoms with van der Waals surface area (Å²) in [5.41, 5.74) is 3.50. The first-order valence-electron chi connectivity index (χ1n) is 7.76. The van der Waals surface area contributed by atoms with Gasteiger partial charge in [-0.3, -0.25) is 4.79 Å². The fraction of sp³-hybridized carbons (Fsp3) is 0.278. The lowest BCUT2D eigenvalue weighted by atomic mass is 9.86. The number of rotatable bonds is 4. The van der Waals surface area contributed by atoms with Crippen LogP contribution >= 0.6 is 11.8 Å². The minimum Gasteiger partial charge on any atom is -0.332 e. The number of hydrogen-bond acceptors (Lipinski definition) is 4. The molecule has 0 fully saturated rings. The summed E-state index contributed by atoms with van der Waals surface area (Å²) in [6.45, 7) is 6.40. The third kappa shape index (κ3) is 3.76. The molecule has 0 unspecified atom stereocenters. The highest BCUT2D eigenvalue weighted by Gasteiger charge is 2.18. The number of carbonyl (C=O) groups excluding carboxylic acids is 1. The van der Waals surface area contributed by atoms with Crippen molar-refractivity contribution in [2.45, 2.75) is 31.3 Å². The number of aromatic nitrogens is 3. The molecule has 6 heteroatoms. The maximum absolute atomic E-state index is 12.3. The normalized spacial score (nSPS) is 11.6. The molecule has 0 atom stereocenters. The van der Waals surface area contributed by atoms with E-state index in [0.717, 1.165) is 16.8 Å². The number of nitrogens with zero attached hydrogens (tertiary/aromatic N) is 2. The summed E-state index contributed by atoms with van der Waals surface area (Å²) in [6.07, 6.45) is 1.70. The van der Waals surface area contributed by atoms with E-state index in [2.05, 4.69) is 41.0 Å². The fourth-order valence-corrected chi connectivity index (χ4v) is 3.13. The van der Waals surface area contributed by atoms with Gasteiger partial charge in [0.25, 0.3) is 0 Å². The van der Waals surface area contributed by atoms with Crippen LogP contribution in [0.5, 0.6) is 0 Å². The van der Waals surface area contributed by atoms with Crippen LogP contribution in [0.2, 0.25) is 0 Å². The molecule has 2 aromatic heterocycles. The molecule has 0 aliphatic rings. The van der Waals surface area contributed by atoms with Gasteiger partial charge in [-0.05, 0) is 29.2 Å². The van der Waals surface area contributed by atoms with Gasteiger partial charge in [-0.15, -0.1) is 0 Å². The van der Waals surface area contributed by atoms with E-state index >= 15 is 0 Å². The average Bonchev–Trinajstić information content (AvgIpc) is 2.95. The molecule has 0 radical (unpaired) electrons. The van der Waals surface area contributed by atoms with Crippen LogP contribution in [0.1, 0.15) is 26.3 Å². The number of H-pyrrole nitrogens is 1. The summed E-state index contributed by atoms with van der Waals surface area (Å²) in [5.74, 6) is 0.239. The maximum atomic E-state index is 12.3. The number of anilines is 1. The Morgan fingerprint density at radius 1 is 1.21 bits per heavy atom. The standard InChI is InChI=1S/C18H20N4OS/c1-18(2,3)12-7-4-5-8-13(12)20-15(23)11-24-17-21-14-9-6-10-19-16(14)22-17/h4-10H,11H2,1-3H3,(H,20,23)(H,19,21,22). The number of nitrogens with one attached hydrogen (secondary N) is 2. The van der Waals surface area contributed by atoms with Crippen molar-refractivity contribution >= 4 is 34.5 Å². The van der Waals surface area contributed by atoms with Crippen LogP contribution in [0, 0.1) is 0 Å². The molecule has 0 spiro atoms. The van der Waals surface area contributed by atoms with E-state index in [1.807, 2.05) is 36.4 Å². The number of carbonyl (C=O) groups is 1. The number of imidazole rings is 1. The third-order valence-corrected chi connectivity index (χ3v) is 4.46. The van der Waals surface area contributed by atoms with E-state index in [-0.39, 0.29) is 17.1 Å². The van der Waals surface area contributed by atoms with E-state index in [1.54, 1.807) is 6.20 Å². The summed E-state index contributed by atoms with van der Waals surface area (Å²) in [7, 11) is 0. The van der Waals surface area contributed by atoms with Gasteiger partial charge in [0.15, 0.2) is 10.8 Å². The second-order valence-electron chi connectivity index (χ2n) is 6.55. The quantitative estimate of drug-likeness (QED) is 0.705. The van der Waals surface area contributed by atoms with Crippen LogP contribution < -0.4 is 5.32 Å². The molecule has 0 bridgehead atoms. The Balaban J connectivity index is 1.66. The number of hydrogen-bond donors (Lipinski definition) is 2. The Labute approximate surface area is 145 Å². The first kappa shape index (κ1) is 16.5. The molecule has 0 saturated carbocycles. The van der Waals surface area contributed by atoms with Gasteiger partial charge in [-0.1, -0.05) is 50.7 Å². The fourth-order valence-electron chi connectivity index (χ4n) is 2.46. The van der Waals surface area contributed by atoms with Gasteiger partial charge in [0.05, 0.1) is 11.3 Å². The van der Waals surface area contributed by atoms with Crippen molar-refractivity contribution in [3.63, 3.8) is 0 Å². The zero-order chi connectivity index (χ0) is 17.2. The number of thioether (sulfide) groups is 1. The summed E-state index contributed by atoms with van der Waals surface area (Å²) < 4.78 is 0. The highest BCUT2D eigenvalue weighted by atomic mass is 32.2. The highest BCUT2D eigenvalue weighted by Crippen LogP contribution is 2.29. The van der Waals surface area contributed by atoms with Crippen LogP contribution in [0.15, 0.2) is 47.8 Å². The smallest absolute Gasteiger partial charge is 0.234 e. The molecular weight excluding hydrogens is 320 g/mol. The lowest BCUT2D eigenvalue weighted by Crippen LogP contribution is -2.19. The Hall–Kier alpha value is -2.34. The van der Waals surface area contributed by atoms with E-state index < -0.39 is 0 Å². The number of para-hydroxylation sites is 1. The molecule has 1 amide bonds. The molecule has 2 N–H and O–H groups in total. The van der Waals surface area contributed by atoms with Crippen molar-refractivity contribution in [1.82, 2.24) is 15.0 Å². The largest absolute Gasteiger partial charge is 0.332 e. The zero-order valence-electron chi connectivity index (χ0n) is 14.0. The lowest BCUT2D eigenvalue weighted by Gasteiger charge is -2.22. The van der Waals surface area contributed by atoms with Gasteiger partial charge >= 0.3 is 0 Å². The van der Waals surface area contributed by atoms with Gasteiger partial charge in [0, 0.05) is 11.9 Å². The molecule has 3 aromatic rings. The van der Waals surface area contributed by atoms with Crippen LogP contribution in [-0.4, -0.2) is 26.6 Å². The highest BCUT2D eigenvalue weighted by molar-refractivity contribution is 7.99. The predicted octanol–water partition coefficient (Wildman–Crippen LogP) is 3.99. The van der Waals surface area contributed by atoms with Gasteiger partial charge in [0.1, 0.15) is 0 Å². The van der Waals surface area contributed by atoms with Gasteiger partial charge in [0.2, 0.25) is 5.91 Å². The van der Waals surface area contributed by atoms with E-state index in [1.165, 1.54) is 11.8 Å². The molecular formula is C18H20N4OS. The number of pyridine rings is 1. The second-order valence-corrected chi connectivity index (χ2v) is 7.51. The van der Waals surface area contributed by atoms with Crippen LogP contribution in [0.25, 0.3) is 11.2 Å². The van der Waals surface area contributed by atoms with Crippen molar-refractivity contribution in [1.29, 1.82) is 0 Å². The molecule has 1 aromatic carbocycles. The number of fused-ring (bicyclic) bond motifs is 1. The first-order chi connectivity index (χ1) is 11.4. The number of benzene rings is 1. The Morgan fingerprint density at radius 3 is 2.75 bits per heavy atom. The van der Waals surface area contributed by atoms with Gasteiger partial charge in [-0.25, -0.2) is 9.97 Å². The third-order valence-electron chi connectivity index (χ3n) is 3.58. The zero-order valence-corrected chi connectivity index (χ0v) is 14.8. The monoisotopic (exact) mass is 340 g/mol. The molecule has 24 heavy (non-hydrogen) atoms. The molecule has 0 saturated heterocycles. The Morgan fingerprint density at radius 2 is 2.00 bits per heavy atom. The molecule has 3 rings (SSSR count). The number of aromatic amines is 1. The van der Waals surface area contributed by atoms with Crippen molar-refractivity contribution in [2.24, 2.45) is 0 Å². The summed E-state index contributed by atoms with van der Waals surface area (Å²) in [6, 6.07) is 11.7. The molecule has 2 heterocycles. The molecule has 5 nitrogen and oxygen atoms in total. The average molecular weight is 340 g/mol. The van der Waals surface area contributed by atoms with Crippen molar-refractivity contribution < 1.29 is 4.79 Å². The van der Waals surface area contributed by atoms with E-state index in [0.29, 0.717) is 10.8 Å². The summed E-state index contributed by atoms with van der Waals surface area (Å²) in [4.78, 5) is 24.0. The second kappa shape index (κ2) is 6.65. The maximum Gasteiger partial charge on any atom is 0.234 e. The minimum atomic E-state index is -0.0508. The summed E-state index contributed by atoms with van der Waals surface area (Å²) >= 11 is 1.37. The number of amides is 1.